The fourth-order valence-corrected chi connectivity index (χ4v) is 10.8. The molecule has 0 saturated carbocycles. The van der Waals surface area contributed by atoms with E-state index in [0.717, 1.165) is 15.9 Å². The van der Waals surface area contributed by atoms with Crippen LogP contribution in [0, 0.1) is 0 Å². The van der Waals surface area contributed by atoms with E-state index in [1.165, 1.54) is 12.4 Å². The van der Waals surface area contributed by atoms with Gasteiger partial charge in [-0.15, -0.1) is 0 Å². The third-order valence-corrected chi connectivity index (χ3v) is 12.1. The molecule has 7 rings (SSSR count). The van der Waals surface area contributed by atoms with Gasteiger partial charge in [-0.25, -0.2) is 0 Å². The molecule has 3 aliphatic rings. The Balaban J connectivity index is 1.51. The quantitative estimate of drug-likeness (QED) is 0.415. The van der Waals surface area contributed by atoms with Gasteiger partial charge in [0.1, 0.15) is 0 Å². The average Bonchev–Trinajstić information content (AvgIpc) is 3.37. The molecule has 2 saturated heterocycles. The predicted molar refractivity (Wildman–Crippen MR) is 133 cm³/mol. The number of benzene rings is 3. The minimum absolute atomic E-state index is 0.245. The zero-order valence-electron chi connectivity index (χ0n) is 18.7. The molecule has 8 heteroatoms. The van der Waals surface area contributed by atoms with Crippen LogP contribution in [0.4, 0.5) is 0 Å². The van der Waals surface area contributed by atoms with Crippen molar-refractivity contribution < 1.29 is 18.5 Å². The number of fused-ring (bicyclic) bond motifs is 7. The summed E-state index contributed by atoms with van der Waals surface area (Å²) < 4.78 is 28.8. The van der Waals surface area contributed by atoms with Crippen LogP contribution < -0.4 is 26.2 Å². The minimum atomic E-state index is -3.88. The summed E-state index contributed by atoms with van der Waals surface area (Å²) in [5.41, 5.74) is -0.355. The van der Waals surface area contributed by atoms with Crippen molar-refractivity contribution in [2.45, 2.75) is 24.5 Å². The second kappa shape index (κ2) is 7.57. The van der Waals surface area contributed by atoms with Crippen molar-refractivity contribution in [3.8, 4) is 5.88 Å². The van der Waals surface area contributed by atoms with E-state index in [0.29, 0.717) is 5.88 Å². The molecule has 7 nitrogen and oxygen atoms in total. The molecule has 0 radical (unpaired) electrons. The first-order valence-corrected chi connectivity index (χ1v) is 13.7. The zero-order chi connectivity index (χ0) is 23.5. The van der Waals surface area contributed by atoms with Gasteiger partial charge in [0.05, 0.1) is 0 Å². The molecule has 4 atom stereocenters. The second-order valence-electron chi connectivity index (χ2n) is 8.95. The summed E-state index contributed by atoms with van der Waals surface area (Å²) in [5, 5.41) is 2.96. The van der Waals surface area contributed by atoms with Gasteiger partial charge in [-0.3, -0.25) is 0 Å². The van der Waals surface area contributed by atoms with Crippen molar-refractivity contribution in [2.24, 2.45) is 0 Å². The van der Waals surface area contributed by atoms with E-state index in [1.54, 1.807) is 4.57 Å². The maximum absolute atomic E-state index is 11.9. The Morgan fingerprint density at radius 3 is 1.89 bits per heavy atom. The first-order chi connectivity index (χ1) is 17.2. The summed E-state index contributed by atoms with van der Waals surface area (Å²) in [6.45, 7) is 0.245. The number of hydrogen-bond acceptors (Lipinski definition) is 6. The molecule has 2 fully saturated rings. The fraction of sp³-hybridized carbons (Fsp3) is 0.185. The molecule has 35 heavy (non-hydrogen) atoms. The van der Waals surface area contributed by atoms with E-state index in [9.17, 15) is 4.79 Å². The van der Waals surface area contributed by atoms with E-state index in [1.807, 2.05) is 54.6 Å². The van der Waals surface area contributed by atoms with E-state index < -0.39 is 19.4 Å². The van der Waals surface area contributed by atoms with E-state index in [-0.39, 0.29) is 24.4 Å². The Kier molecular flexibility index (Phi) is 4.54. The number of hydrogen-bond donors (Lipinski definition) is 0. The molecule has 0 N–H and O–H groups in total. The van der Waals surface area contributed by atoms with Crippen molar-refractivity contribution in [2.75, 3.05) is 6.61 Å². The first-order valence-electron chi connectivity index (χ1n) is 11.6. The SMILES string of the molecule is O=c1cc2n(cn1)[C@@H]1O[C@H](CO2)[C@H]2OP(c3ccccc3)(c3ccccc3)(c3ccccc3)O[C@H]21. The third-order valence-electron chi connectivity index (χ3n) is 7.09. The Labute approximate surface area is 202 Å². The second-order valence-corrected chi connectivity index (χ2v) is 12.8. The Hall–Kier alpha value is -3.35. The summed E-state index contributed by atoms with van der Waals surface area (Å²) in [6.07, 6.45) is -0.274. The number of nitrogens with zero attached hydrogens (tertiary/aromatic N) is 2. The maximum atomic E-state index is 11.9. The van der Waals surface area contributed by atoms with Crippen LogP contribution in [0.1, 0.15) is 6.23 Å². The van der Waals surface area contributed by atoms with Gasteiger partial charge in [0.15, 0.2) is 0 Å². The van der Waals surface area contributed by atoms with E-state index in [4.69, 9.17) is 18.5 Å². The van der Waals surface area contributed by atoms with E-state index >= 15 is 0 Å². The van der Waals surface area contributed by atoms with Gasteiger partial charge in [0.25, 0.3) is 0 Å². The number of ether oxygens (including phenoxy) is 2. The van der Waals surface area contributed by atoms with Crippen molar-refractivity contribution in [1.29, 1.82) is 0 Å². The van der Waals surface area contributed by atoms with Crippen LogP contribution in [0.15, 0.2) is 108 Å². The van der Waals surface area contributed by atoms with Crippen LogP contribution in [0.25, 0.3) is 0 Å². The van der Waals surface area contributed by atoms with Crippen LogP contribution in [-0.4, -0.2) is 34.5 Å². The monoisotopic (exact) mass is 486 g/mol. The van der Waals surface area contributed by atoms with Gasteiger partial charge in [-0.2, -0.15) is 0 Å². The zero-order valence-corrected chi connectivity index (χ0v) is 19.6. The van der Waals surface area contributed by atoms with Crippen LogP contribution in [-0.2, 0) is 13.8 Å². The predicted octanol–water partition coefficient (Wildman–Crippen LogP) is 2.68. The standard InChI is InChI=1S/C27H23N2O5P/c30-23-16-24-29(18-28-23)27-26-25(22(32-27)17-31-24)33-35(34-26,19-10-4-1-5-11-19,20-12-6-2-7-13-20)21-14-8-3-9-15-21/h1-16,18,22,25-27H,17H2/t22-,25-,26-,27-/m1/s1. The molecule has 0 aliphatic carbocycles. The molecule has 0 unspecified atom stereocenters. The topological polar surface area (TPSA) is 71.8 Å². The summed E-state index contributed by atoms with van der Waals surface area (Å²) in [7, 11) is -3.88. The van der Waals surface area contributed by atoms with Crippen LogP contribution >= 0.6 is 7.06 Å². The Bertz CT molecular complexity index is 1350. The van der Waals surface area contributed by atoms with Gasteiger partial charge in [0.2, 0.25) is 0 Å². The van der Waals surface area contributed by atoms with Gasteiger partial charge >= 0.3 is 202 Å². The fourth-order valence-electron chi connectivity index (χ4n) is 5.57. The number of rotatable bonds is 3. The van der Waals surface area contributed by atoms with Crippen molar-refractivity contribution in [1.82, 2.24) is 9.55 Å². The summed E-state index contributed by atoms with van der Waals surface area (Å²) in [4.78, 5) is 15.9. The summed E-state index contributed by atoms with van der Waals surface area (Å²) in [5.74, 6) is 0.422. The molecular formula is C27H23N2O5P. The third kappa shape index (κ3) is 2.81. The molecular weight excluding hydrogens is 463 g/mol. The van der Waals surface area contributed by atoms with Crippen LogP contribution in [0.5, 0.6) is 5.88 Å². The van der Waals surface area contributed by atoms with Gasteiger partial charge < -0.3 is 0 Å². The van der Waals surface area contributed by atoms with Crippen molar-refractivity contribution >= 4 is 23.0 Å². The number of aromatic nitrogens is 2. The molecule has 3 aliphatic heterocycles. The molecule has 0 spiro atoms. The molecule has 176 valence electrons. The first kappa shape index (κ1) is 21.0. The van der Waals surface area contributed by atoms with Crippen LogP contribution in [0.2, 0.25) is 0 Å². The van der Waals surface area contributed by atoms with Gasteiger partial charge in [-0.05, 0) is 0 Å². The van der Waals surface area contributed by atoms with Gasteiger partial charge in [-0.1, -0.05) is 0 Å². The Morgan fingerprint density at radius 2 is 1.31 bits per heavy atom. The molecule has 1 aromatic heterocycles. The van der Waals surface area contributed by atoms with Crippen LogP contribution in [0.3, 0.4) is 0 Å². The molecule has 0 amide bonds. The van der Waals surface area contributed by atoms with Crippen molar-refractivity contribution in [3.63, 3.8) is 0 Å². The van der Waals surface area contributed by atoms with Crippen molar-refractivity contribution in [3.05, 3.63) is 114 Å². The molecule has 4 heterocycles. The molecule has 2 bridgehead atoms. The average molecular weight is 486 g/mol. The van der Waals surface area contributed by atoms with E-state index in [2.05, 4.69) is 41.4 Å². The Morgan fingerprint density at radius 1 is 0.771 bits per heavy atom. The van der Waals surface area contributed by atoms with Gasteiger partial charge in [0, 0.05) is 0 Å². The molecule has 3 aromatic carbocycles. The summed E-state index contributed by atoms with van der Waals surface area (Å²) >= 11 is 0. The summed E-state index contributed by atoms with van der Waals surface area (Å²) in [6, 6.07) is 32.0. The normalized spacial score (nSPS) is 28.5. The molecule has 4 aromatic rings.